The van der Waals surface area contributed by atoms with Gasteiger partial charge in [0.15, 0.2) is 0 Å². The largest absolute Gasteiger partial charge is 0.491 e. The minimum absolute atomic E-state index is 0.613. The average molecular weight is 292 g/mol. The van der Waals surface area contributed by atoms with Crippen molar-refractivity contribution in [3.8, 4) is 5.75 Å². The van der Waals surface area contributed by atoms with Crippen molar-refractivity contribution >= 4 is 0 Å². The second-order valence-electron chi connectivity index (χ2n) is 5.92. The van der Waals surface area contributed by atoms with Crippen molar-refractivity contribution in [3.63, 3.8) is 0 Å². The number of nitrogens with zero attached hydrogens (tertiary/aromatic N) is 1. The van der Waals surface area contributed by atoms with E-state index in [1.54, 1.807) is 0 Å². The highest BCUT2D eigenvalue weighted by Crippen LogP contribution is 2.20. The van der Waals surface area contributed by atoms with Crippen LogP contribution >= 0.6 is 0 Å². The maximum atomic E-state index is 5.73. The summed E-state index contributed by atoms with van der Waals surface area (Å²) < 4.78 is 11.3. The molecule has 0 heterocycles. The molecule has 0 aromatic heterocycles. The van der Waals surface area contributed by atoms with Gasteiger partial charge < -0.3 is 19.7 Å². The molecule has 0 aliphatic heterocycles. The van der Waals surface area contributed by atoms with Crippen LogP contribution in [0.4, 0.5) is 0 Å². The minimum Gasteiger partial charge on any atom is -0.491 e. The summed E-state index contributed by atoms with van der Waals surface area (Å²) in [6.45, 7) is 4.06. The van der Waals surface area contributed by atoms with Crippen LogP contribution in [0.3, 0.4) is 0 Å². The lowest BCUT2D eigenvalue weighted by Gasteiger charge is -2.11. The summed E-state index contributed by atoms with van der Waals surface area (Å²) in [6, 6.07) is 9.05. The van der Waals surface area contributed by atoms with Gasteiger partial charge in [0, 0.05) is 19.2 Å². The molecule has 118 valence electrons. The summed E-state index contributed by atoms with van der Waals surface area (Å²) in [5, 5.41) is 3.52. The molecular formula is C17H28N2O2. The second kappa shape index (κ2) is 9.03. The van der Waals surface area contributed by atoms with Crippen molar-refractivity contribution in [1.29, 1.82) is 0 Å². The molecule has 1 fully saturated rings. The molecule has 0 unspecified atom stereocenters. The van der Waals surface area contributed by atoms with Crippen molar-refractivity contribution < 1.29 is 9.47 Å². The van der Waals surface area contributed by atoms with Crippen LogP contribution < -0.4 is 10.1 Å². The number of ether oxygens (including phenoxy) is 2. The summed E-state index contributed by atoms with van der Waals surface area (Å²) in [5.41, 5.74) is 1.28. The van der Waals surface area contributed by atoms with E-state index in [2.05, 4.69) is 42.5 Å². The lowest BCUT2D eigenvalue weighted by Crippen LogP contribution is -2.16. The Morgan fingerprint density at radius 1 is 1.19 bits per heavy atom. The Kier molecular flexibility index (Phi) is 7.00. The highest BCUT2D eigenvalue weighted by Gasteiger charge is 2.19. The molecule has 0 spiro atoms. The van der Waals surface area contributed by atoms with E-state index >= 15 is 0 Å². The molecule has 1 N–H and O–H groups in total. The first kappa shape index (κ1) is 16.3. The molecule has 4 nitrogen and oxygen atoms in total. The van der Waals surface area contributed by atoms with Crippen LogP contribution in [0.2, 0.25) is 0 Å². The van der Waals surface area contributed by atoms with Gasteiger partial charge in [-0.05, 0) is 57.6 Å². The normalized spacial score (nSPS) is 14.6. The van der Waals surface area contributed by atoms with Gasteiger partial charge in [-0.3, -0.25) is 0 Å². The Labute approximate surface area is 128 Å². The predicted molar refractivity (Wildman–Crippen MR) is 85.8 cm³/mol. The number of nitrogens with one attached hydrogen (secondary N) is 1. The molecule has 0 amide bonds. The fraction of sp³-hybridized carbons (Fsp3) is 0.647. The van der Waals surface area contributed by atoms with E-state index < -0.39 is 0 Å². The third kappa shape index (κ3) is 7.46. The molecule has 21 heavy (non-hydrogen) atoms. The number of hydrogen-bond acceptors (Lipinski definition) is 4. The Bertz CT molecular complexity index is 406. The summed E-state index contributed by atoms with van der Waals surface area (Å²) >= 11 is 0. The van der Waals surface area contributed by atoms with E-state index in [1.807, 2.05) is 6.07 Å². The first-order valence-electron chi connectivity index (χ1n) is 7.91. The molecule has 0 saturated heterocycles. The van der Waals surface area contributed by atoms with E-state index in [0.29, 0.717) is 13.2 Å². The number of rotatable bonds is 11. The minimum atomic E-state index is 0.613. The third-order valence-electron chi connectivity index (χ3n) is 3.46. The molecule has 1 aromatic carbocycles. The van der Waals surface area contributed by atoms with Crippen LogP contribution in [0.15, 0.2) is 24.3 Å². The lowest BCUT2D eigenvalue weighted by molar-refractivity contribution is 0.0946. The zero-order valence-corrected chi connectivity index (χ0v) is 13.3. The molecule has 1 aliphatic carbocycles. The maximum absolute atomic E-state index is 5.73. The number of benzene rings is 1. The summed E-state index contributed by atoms with van der Waals surface area (Å²) in [7, 11) is 4.16. The lowest BCUT2D eigenvalue weighted by atomic mass is 10.2. The fourth-order valence-electron chi connectivity index (χ4n) is 2.10. The molecule has 1 aromatic rings. The average Bonchev–Trinajstić information content (AvgIpc) is 3.28. The fourth-order valence-corrected chi connectivity index (χ4v) is 2.10. The van der Waals surface area contributed by atoms with Crippen LogP contribution in [0, 0.1) is 0 Å². The van der Waals surface area contributed by atoms with Crippen LogP contribution in [0.25, 0.3) is 0 Å². The van der Waals surface area contributed by atoms with Gasteiger partial charge in [0.1, 0.15) is 12.4 Å². The van der Waals surface area contributed by atoms with Gasteiger partial charge in [-0.15, -0.1) is 0 Å². The standard InChI is InChI=1S/C17H28N2O2/c1-19(2)9-4-10-20-11-12-21-17-6-3-5-15(13-17)14-18-16-7-8-16/h3,5-6,13,16,18H,4,7-12,14H2,1-2H3. The van der Waals surface area contributed by atoms with Crippen LogP contribution in [-0.2, 0) is 11.3 Å². The second-order valence-corrected chi connectivity index (χ2v) is 5.92. The molecule has 0 radical (unpaired) electrons. The first-order valence-corrected chi connectivity index (χ1v) is 7.91. The molecule has 1 aliphatic rings. The highest BCUT2D eigenvalue weighted by molar-refractivity contribution is 5.28. The van der Waals surface area contributed by atoms with E-state index in [-0.39, 0.29) is 0 Å². The van der Waals surface area contributed by atoms with E-state index in [9.17, 15) is 0 Å². The smallest absolute Gasteiger partial charge is 0.119 e. The Hall–Kier alpha value is -1.10. The topological polar surface area (TPSA) is 33.7 Å². The SMILES string of the molecule is CN(C)CCCOCCOc1cccc(CNC2CC2)c1. The van der Waals surface area contributed by atoms with Crippen molar-refractivity contribution in [2.45, 2.75) is 31.8 Å². The van der Waals surface area contributed by atoms with Gasteiger partial charge in [-0.25, -0.2) is 0 Å². The third-order valence-corrected chi connectivity index (χ3v) is 3.46. The summed E-state index contributed by atoms with van der Waals surface area (Å²) in [5.74, 6) is 0.932. The molecule has 0 bridgehead atoms. The Morgan fingerprint density at radius 3 is 2.81 bits per heavy atom. The van der Waals surface area contributed by atoms with Gasteiger partial charge in [0.25, 0.3) is 0 Å². The zero-order valence-electron chi connectivity index (χ0n) is 13.3. The highest BCUT2D eigenvalue weighted by atomic mass is 16.5. The Balaban J connectivity index is 1.56. The monoisotopic (exact) mass is 292 g/mol. The van der Waals surface area contributed by atoms with E-state index in [1.165, 1.54) is 18.4 Å². The maximum Gasteiger partial charge on any atom is 0.119 e. The first-order chi connectivity index (χ1) is 10.2. The van der Waals surface area contributed by atoms with Gasteiger partial charge >= 0.3 is 0 Å². The van der Waals surface area contributed by atoms with Crippen molar-refractivity contribution in [2.75, 3.05) is 40.5 Å². The predicted octanol–water partition coefficient (Wildman–Crippen LogP) is 2.29. The van der Waals surface area contributed by atoms with E-state index in [0.717, 1.165) is 37.9 Å². The van der Waals surface area contributed by atoms with Crippen molar-refractivity contribution in [2.24, 2.45) is 0 Å². The van der Waals surface area contributed by atoms with Crippen LogP contribution in [0.5, 0.6) is 5.75 Å². The van der Waals surface area contributed by atoms with Gasteiger partial charge in [-0.2, -0.15) is 0 Å². The van der Waals surface area contributed by atoms with Crippen molar-refractivity contribution in [1.82, 2.24) is 10.2 Å². The molecule has 1 saturated carbocycles. The van der Waals surface area contributed by atoms with Crippen LogP contribution in [-0.4, -0.2) is 51.4 Å². The van der Waals surface area contributed by atoms with Gasteiger partial charge in [0.2, 0.25) is 0 Å². The van der Waals surface area contributed by atoms with E-state index in [4.69, 9.17) is 9.47 Å². The quantitative estimate of drug-likeness (QED) is 0.635. The molecule has 0 atom stereocenters. The zero-order chi connectivity index (χ0) is 14.9. The number of hydrogen-bond donors (Lipinski definition) is 1. The molecule has 4 heteroatoms. The summed E-state index contributed by atoms with van der Waals surface area (Å²) in [6.07, 6.45) is 3.71. The van der Waals surface area contributed by atoms with Crippen molar-refractivity contribution in [3.05, 3.63) is 29.8 Å². The molecular weight excluding hydrogens is 264 g/mol. The van der Waals surface area contributed by atoms with Crippen LogP contribution in [0.1, 0.15) is 24.8 Å². The molecule has 2 rings (SSSR count). The van der Waals surface area contributed by atoms with Gasteiger partial charge in [0.05, 0.1) is 6.61 Å². The summed E-state index contributed by atoms with van der Waals surface area (Å²) in [4.78, 5) is 2.17. The Morgan fingerprint density at radius 2 is 2.05 bits per heavy atom. The van der Waals surface area contributed by atoms with Gasteiger partial charge in [-0.1, -0.05) is 12.1 Å².